The van der Waals surface area contributed by atoms with Crippen LogP contribution in [0.25, 0.3) is 22.2 Å². The third-order valence-corrected chi connectivity index (χ3v) is 7.37. The third-order valence-electron chi connectivity index (χ3n) is 7.37. The number of carbonyl (C=O) groups is 1. The lowest BCUT2D eigenvalue weighted by molar-refractivity contribution is -0.0716. The Bertz CT molecular complexity index is 1520. The molecule has 39 heavy (non-hydrogen) atoms. The van der Waals surface area contributed by atoms with E-state index in [0.29, 0.717) is 54.5 Å². The molecule has 5 heterocycles. The first-order valence-electron chi connectivity index (χ1n) is 12.6. The molecule has 9 nitrogen and oxygen atoms in total. The fraction of sp³-hybridized carbons (Fsp3) is 0.321. The lowest BCUT2D eigenvalue weighted by atomic mass is 10.0. The molecule has 11 heteroatoms. The maximum Gasteiger partial charge on any atom is 0.271 e. The summed E-state index contributed by atoms with van der Waals surface area (Å²) in [5, 5.41) is 0. The Kier molecular flexibility index (Phi) is 6.71. The van der Waals surface area contributed by atoms with Gasteiger partial charge >= 0.3 is 0 Å². The molecule has 0 radical (unpaired) electrons. The summed E-state index contributed by atoms with van der Waals surface area (Å²) < 4.78 is 45.6. The minimum Gasteiger partial charge on any atom is -0.383 e. The van der Waals surface area contributed by atoms with E-state index in [-0.39, 0.29) is 36.8 Å². The highest BCUT2D eigenvalue weighted by atomic mass is 19.1. The van der Waals surface area contributed by atoms with Crippen LogP contribution in [-0.2, 0) is 34.0 Å². The number of amides is 1. The van der Waals surface area contributed by atoms with Crippen molar-refractivity contribution in [1.82, 2.24) is 19.9 Å². The van der Waals surface area contributed by atoms with Crippen LogP contribution in [0.4, 0.5) is 14.6 Å². The van der Waals surface area contributed by atoms with Gasteiger partial charge in [0.1, 0.15) is 23.1 Å². The van der Waals surface area contributed by atoms with E-state index in [9.17, 15) is 13.6 Å². The number of hydrogen-bond donors (Lipinski definition) is 2. The second-order valence-electron chi connectivity index (χ2n) is 9.66. The van der Waals surface area contributed by atoms with Gasteiger partial charge in [0, 0.05) is 36.6 Å². The highest BCUT2D eigenvalue weighted by molar-refractivity contribution is 5.98. The Balaban J connectivity index is 1.34. The molecule has 6 rings (SSSR count). The summed E-state index contributed by atoms with van der Waals surface area (Å²) in [5.74, 6) is -1.24. The van der Waals surface area contributed by atoms with Crippen LogP contribution in [0.5, 0.6) is 0 Å². The maximum atomic E-state index is 14.3. The van der Waals surface area contributed by atoms with Gasteiger partial charge in [0.15, 0.2) is 0 Å². The first-order valence-corrected chi connectivity index (χ1v) is 12.6. The number of fused-ring (bicyclic) bond motifs is 3. The van der Waals surface area contributed by atoms with Gasteiger partial charge in [0.25, 0.3) is 5.91 Å². The Morgan fingerprint density at radius 1 is 1.18 bits per heavy atom. The minimum absolute atomic E-state index is 0.124. The summed E-state index contributed by atoms with van der Waals surface area (Å²) in [6, 6.07) is 8.26. The fourth-order valence-corrected chi connectivity index (χ4v) is 5.33. The Hall–Kier alpha value is -3.93. The summed E-state index contributed by atoms with van der Waals surface area (Å²) >= 11 is 0. The van der Waals surface area contributed by atoms with Gasteiger partial charge in [0.05, 0.1) is 60.8 Å². The number of nitrogens with one attached hydrogen (secondary N) is 1. The number of hydrogen-bond acceptors (Lipinski definition) is 7. The average Bonchev–Trinajstić information content (AvgIpc) is 3.60. The van der Waals surface area contributed by atoms with E-state index in [1.54, 1.807) is 30.2 Å². The molecular formula is C28H27F2N5O4. The smallest absolute Gasteiger partial charge is 0.271 e. The molecule has 3 N–H and O–H groups in total. The van der Waals surface area contributed by atoms with Crippen LogP contribution in [0.3, 0.4) is 0 Å². The van der Waals surface area contributed by atoms with Crippen LogP contribution in [0.1, 0.15) is 33.7 Å². The van der Waals surface area contributed by atoms with Gasteiger partial charge < -0.3 is 29.8 Å². The number of benzene rings is 1. The van der Waals surface area contributed by atoms with Gasteiger partial charge in [-0.1, -0.05) is 12.1 Å². The quantitative estimate of drug-likeness (QED) is 0.384. The van der Waals surface area contributed by atoms with Crippen LogP contribution in [-0.4, -0.2) is 58.2 Å². The van der Waals surface area contributed by atoms with Crippen LogP contribution in [0.2, 0.25) is 0 Å². The maximum absolute atomic E-state index is 14.3. The topological polar surface area (TPSA) is 116 Å². The molecule has 202 valence electrons. The lowest BCUT2D eigenvalue weighted by Gasteiger charge is -2.38. The van der Waals surface area contributed by atoms with Crippen molar-refractivity contribution in [3.05, 3.63) is 76.7 Å². The number of nitrogens with zero attached hydrogens (tertiary/aromatic N) is 3. The van der Waals surface area contributed by atoms with Gasteiger partial charge in [-0.15, -0.1) is 0 Å². The minimum atomic E-state index is -0.673. The van der Waals surface area contributed by atoms with Crippen molar-refractivity contribution in [2.45, 2.75) is 38.3 Å². The predicted molar refractivity (Wildman–Crippen MR) is 138 cm³/mol. The second kappa shape index (κ2) is 10.3. The Labute approximate surface area is 222 Å². The number of anilines is 1. The van der Waals surface area contributed by atoms with Crippen LogP contribution < -0.4 is 5.73 Å². The number of carbonyl (C=O) groups excluding carboxylic acids is 1. The summed E-state index contributed by atoms with van der Waals surface area (Å²) in [6.45, 7) is 1.71. The number of aromatic amines is 1. The van der Waals surface area contributed by atoms with Crippen LogP contribution in [0, 0.1) is 11.6 Å². The number of nitrogen functional groups attached to an aromatic ring is 1. The molecule has 3 aromatic heterocycles. The van der Waals surface area contributed by atoms with E-state index in [1.165, 1.54) is 24.4 Å². The Morgan fingerprint density at radius 2 is 1.97 bits per heavy atom. The molecular weight excluding hydrogens is 508 g/mol. The summed E-state index contributed by atoms with van der Waals surface area (Å²) in [6.07, 6.45) is 1.79. The number of halogens is 2. The molecule has 0 saturated carbocycles. The zero-order valence-corrected chi connectivity index (χ0v) is 21.2. The number of nitrogens with two attached hydrogens (primary N) is 1. The van der Waals surface area contributed by atoms with Crippen molar-refractivity contribution in [1.29, 1.82) is 0 Å². The molecule has 2 aliphatic rings. The average molecular weight is 536 g/mol. The Morgan fingerprint density at radius 3 is 2.72 bits per heavy atom. The molecule has 0 bridgehead atoms. The van der Waals surface area contributed by atoms with Gasteiger partial charge in [-0.2, -0.15) is 0 Å². The van der Waals surface area contributed by atoms with E-state index < -0.39 is 11.6 Å². The van der Waals surface area contributed by atoms with Crippen LogP contribution in [0.15, 0.2) is 42.6 Å². The highest BCUT2D eigenvalue weighted by Crippen LogP contribution is 2.32. The molecule has 1 saturated heterocycles. The van der Waals surface area contributed by atoms with Crippen molar-refractivity contribution in [2.75, 3.05) is 26.1 Å². The largest absolute Gasteiger partial charge is 0.383 e. The number of ether oxygens (including phenoxy) is 3. The molecule has 0 spiro atoms. The fourth-order valence-electron chi connectivity index (χ4n) is 5.33. The zero-order chi connectivity index (χ0) is 27.1. The van der Waals surface area contributed by atoms with E-state index in [0.717, 1.165) is 16.6 Å². The number of rotatable bonds is 6. The lowest BCUT2D eigenvalue weighted by Crippen LogP contribution is -2.52. The molecule has 1 fully saturated rings. The third kappa shape index (κ3) is 4.62. The number of pyridine rings is 2. The standard InChI is InChI=1S/C28H27F2N5O4/c1-37-24-7-8-38-14-23(24)35(11-16-6-5-15(10-32-16)25-19(29)3-2-4-20(25)30)28(36)22-9-21-26(33-22)17-12-39-13-18(17)27(31)34-21/h2-6,9-10,23-24,33H,7-8,11-14H2,1H3,(H2,31,34)/t23-,24-/m1/s1. The molecule has 4 aromatic rings. The molecule has 1 aromatic carbocycles. The second-order valence-corrected chi connectivity index (χ2v) is 9.66. The highest BCUT2D eigenvalue weighted by Gasteiger charge is 2.35. The molecule has 2 atom stereocenters. The SMILES string of the molecule is CO[C@@H]1CCOC[C@H]1N(Cc1ccc(-c2c(F)cccc2F)cn1)C(=O)c1cc2nc(N)c3c(c2[nH]1)COC3. The van der Waals surface area contributed by atoms with E-state index in [1.807, 2.05) is 0 Å². The van der Waals surface area contributed by atoms with Crippen LogP contribution >= 0.6 is 0 Å². The number of methoxy groups -OCH3 is 1. The van der Waals surface area contributed by atoms with Crippen molar-refractivity contribution in [3.8, 4) is 11.1 Å². The van der Waals surface area contributed by atoms with Gasteiger partial charge in [-0.25, -0.2) is 13.8 Å². The summed E-state index contributed by atoms with van der Waals surface area (Å²) in [5.41, 5.74) is 10.2. The van der Waals surface area contributed by atoms with E-state index in [4.69, 9.17) is 19.9 Å². The van der Waals surface area contributed by atoms with Gasteiger partial charge in [0.2, 0.25) is 0 Å². The van der Waals surface area contributed by atoms with Crippen molar-refractivity contribution in [3.63, 3.8) is 0 Å². The van der Waals surface area contributed by atoms with Crippen molar-refractivity contribution < 1.29 is 27.8 Å². The van der Waals surface area contributed by atoms with E-state index >= 15 is 0 Å². The van der Waals surface area contributed by atoms with Crippen molar-refractivity contribution >= 4 is 22.8 Å². The number of aromatic nitrogens is 3. The van der Waals surface area contributed by atoms with Crippen molar-refractivity contribution in [2.24, 2.45) is 0 Å². The monoisotopic (exact) mass is 535 g/mol. The first-order chi connectivity index (χ1) is 18.9. The summed E-state index contributed by atoms with van der Waals surface area (Å²) in [7, 11) is 1.61. The molecule has 1 amide bonds. The van der Waals surface area contributed by atoms with Gasteiger partial charge in [-0.3, -0.25) is 9.78 Å². The molecule has 0 aliphatic carbocycles. The molecule has 0 unspecified atom stereocenters. The first kappa shape index (κ1) is 25.4. The van der Waals surface area contributed by atoms with Gasteiger partial charge in [-0.05, 0) is 30.7 Å². The normalized spacial score (nSPS) is 18.8. The number of H-pyrrole nitrogens is 1. The molecule has 2 aliphatic heterocycles. The predicted octanol–water partition coefficient (Wildman–Crippen LogP) is 3.96. The summed E-state index contributed by atoms with van der Waals surface area (Å²) in [4.78, 5) is 27.8. The zero-order valence-electron chi connectivity index (χ0n) is 21.2. The van der Waals surface area contributed by atoms with E-state index in [2.05, 4.69) is 15.0 Å².